The molecule has 0 rings (SSSR count). The summed E-state index contributed by atoms with van der Waals surface area (Å²) in [4.78, 5) is 46.1. The maximum absolute atomic E-state index is 12.6. The summed E-state index contributed by atoms with van der Waals surface area (Å²) < 4.78 is 32.7. The maximum atomic E-state index is 12.6. The SMILES string of the molecule is CC/C=C\CC(O)/C=C/C=C/C/C=C\C/C=C\C/C=C\CCC(=O)O[C@H](COC(=O)CCCCCCCCCCCCCCCCCCCCC)COP(=O)(O)OC[C@H](N)C(=O)O. The van der Waals surface area contributed by atoms with Crippen molar-refractivity contribution in [3.63, 3.8) is 0 Å². The number of carbonyl (C=O) groups is 3. The number of carboxylic acids is 1. The lowest BCUT2D eigenvalue weighted by atomic mass is 10.0. The Balaban J connectivity index is 4.44. The second-order valence-electron chi connectivity index (χ2n) is 16.1. The van der Waals surface area contributed by atoms with Gasteiger partial charge in [0.2, 0.25) is 0 Å². The molecule has 2 unspecified atom stereocenters. The van der Waals surface area contributed by atoms with Gasteiger partial charge in [-0.25, -0.2) is 4.57 Å². The minimum Gasteiger partial charge on any atom is -0.480 e. The van der Waals surface area contributed by atoms with Crippen molar-refractivity contribution in [1.29, 1.82) is 0 Å². The van der Waals surface area contributed by atoms with Crippen LogP contribution in [0.5, 0.6) is 0 Å². The standard InChI is InChI=1S/C50H86NO11P/c1-3-5-7-8-9-10-11-12-13-14-15-16-17-20-23-26-29-32-36-40-48(53)59-42-46(43-60-63(57,58)61-44-47(51)50(55)56)62-49(54)41-37-33-30-27-24-21-18-19-22-25-28-31-35-39-45(52)38-34-6-4-2/h6,19,21-22,24,28,30-31,33-35,39,45-47,52H,3-5,7-18,20,23,25-27,29,32,36-38,40-44,51H2,1-2H3,(H,55,56)(H,57,58)/b22-19-,24-21-,31-28+,33-30-,34-6-,39-35+/t45?,46-,47+/m1/s1. The number of phosphoric ester groups is 1. The highest BCUT2D eigenvalue weighted by molar-refractivity contribution is 7.47. The predicted octanol–water partition coefficient (Wildman–Crippen LogP) is 12.3. The number of unbranched alkanes of at least 4 members (excludes halogenated alkanes) is 18. The summed E-state index contributed by atoms with van der Waals surface area (Å²) in [7, 11) is -4.75. The molecule has 0 bridgehead atoms. The van der Waals surface area contributed by atoms with Crippen LogP contribution >= 0.6 is 7.82 Å². The van der Waals surface area contributed by atoms with Crippen LogP contribution in [0.3, 0.4) is 0 Å². The van der Waals surface area contributed by atoms with Crippen molar-refractivity contribution >= 4 is 25.7 Å². The Hall–Kier alpha value is -3.12. The minimum absolute atomic E-state index is 0.0189. The van der Waals surface area contributed by atoms with Gasteiger partial charge in [-0.1, -0.05) is 202 Å². The summed E-state index contributed by atoms with van der Waals surface area (Å²) in [5.74, 6) is -2.51. The fraction of sp³-hybridized carbons (Fsp3) is 0.700. The normalized spacial score (nSPS) is 14.7. The first-order valence-electron chi connectivity index (χ1n) is 24.1. The van der Waals surface area contributed by atoms with E-state index in [4.69, 9.17) is 24.8 Å². The van der Waals surface area contributed by atoms with E-state index in [1.165, 1.54) is 96.3 Å². The lowest BCUT2D eigenvalue weighted by Crippen LogP contribution is -2.34. The molecule has 0 saturated carbocycles. The Kier molecular flexibility index (Phi) is 41.9. The molecule has 362 valence electrons. The average Bonchev–Trinajstić information content (AvgIpc) is 3.25. The third-order valence-electron chi connectivity index (χ3n) is 10.1. The van der Waals surface area contributed by atoms with Gasteiger partial charge in [0.05, 0.1) is 19.3 Å². The number of carboxylic acid groups (broad SMARTS) is 1. The van der Waals surface area contributed by atoms with Crippen LogP contribution in [0.25, 0.3) is 0 Å². The van der Waals surface area contributed by atoms with Crippen LogP contribution in [-0.4, -0.2) is 71.1 Å². The van der Waals surface area contributed by atoms with Crippen LogP contribution in [0.2, 0.25) is 0 Å². The number of phosphoric acid groups is 1. The molecular weight excluding hydrogens is 822 g/mol. The molecule has 0 aliphatic rings. The molecule has 0 saturated heterocycles. The molecule has 0 amide bonds. The number of aliphatic hydroxyl groups excluding tert-OH is 1. The number of aliphatic carboxylic acids is 1. The maximum Gasteiger partial charge on any atom is 0.472 e. The molecule has 0 aliphatic heterocycles. The number of carbonyl (C=O) groups excluding carboxylic acids is 2. The summed E-state index contributed by atoms with van der Waals surface area (Å²) in [5, 5.41) is 18.8. The van der Waals surface area contributed by atoms with Gasteiger partial charge in [0.25, 0.3) is 0 Å². The molecule has 0 fully saturated rings. The molecule has 0 aromatic carbocycles. The topological polar surface area (TPSA) is 192 Å². The van der Waals surface area contributed by atoms with E-state index < -0.39 is 57.2 Å². The Bertz CT molecular complexity index is 1360. The summed E-state index contributed by atoms with van der Waals surface area (Å²) in [6.45, 7) is 2.53. The van der Waals surface area contributed by atoms with Crippen molar-refractivity contribution in [2.24, 2.45) is 5.73 Å². The molecule has 4 atom stereocenters. The van der Waals surface area contributed by atoms with Gasteiger partial charge in [-0.2, -0.15) is 0 Å². The number of rotatable bonds is 44. The monoisotopic (exact) mass is 908 g/mol. The average molecular weight is 908 g/mol. The number of allylic oxidation sites excluding steroid dienone is 10. The quantitative estimate of drug-likeness (QED) is 0.0149. The van der Waals surface area contributed by atoms with Gasteiger partial charge in [0.1, 0.15) is 12.6 Å². The van der Waals surface area contributed by atoms with Crippen LogP contribution in [-0.2, 0) is 37.5 Å². The van der Waals surface area contributed by atoms with E-state index in [1.54, 1.807) is 6.08 Å². The number of esters is 2. The molecular formula is C50H86NO11P. The fourth-order valence-corrected chi connectivity index (χ4v) is 7.07. The van der Waals surface area contributed by atoms with E-state index in [0.29, 0.717) is 25.7 Å². The highest BCUT2D eigenvalue weighted by Crippen LogP contribution is 2.43. The molecule has 0 aliphatic carbocycles. The van der Waals surface area contributed by atoms with E-state index in [-0.39, 0.29) is 19.4 Å². The highest BCUT2D eigenvalue weighted by Gasteiger charge is 2.28. The van der Waals surface area contributed by atoms with Crippen molar-refractivity contribution in [2.45, 2.75) is 205 Å². The number of nitrogens with two attached hydrogens (primary N) is 1. The van der Waals surface area contributed by atoms with Crippen LogP contribution in [0, 0.1) is 0 Å². The second-order valence-corrected chi connectivity index (χ2v) is 17.5. The van der Waals surface area contributed by atoms with E-state index in [0.717, 1.165) is 38.5 Å². The van der Waals surface area contributed by atoms with E-state index in [2.05, 4.69) is 30.5 Å². The van der Waals surface area contributed by atoms with Gasteiger partial charge in [-0.3, -0.25) is 23.4 Å². The first-order chi connectivity index (χ1) is 30.5. The van der Waals surface area contributed by atoms with Crippen molar-refractivity contribution in [1.82, 2.24) is 0 Å². The Morgan fingerprint density at radius 2 is 1.08 bits per heavy atom. The van der Waals surface area contributed by atoms with Gasteiger partial charge in [0, 0.05) is 12.8 Å². The summed E-state index contributed by atoms with van der Waals surface area (Å²) in [5.41, 5.74) is 5.34. The molecule has 5 N–H and O–H groups in total. The number of hydrogen-bond acceptors (Lipinski definition) is 10. The third-order valence-corrected chi connectivity index (χ3v) is 11.0. The first kappa shape index (κ1) is 59.9. The lowest BCUT2D eigenvalue weighted by Gasteiger charge is -2.20. The molecule has 0 heterocycles. The highest BCUT2D eigenvalue weighted by atomic mass is 31.2. The van der Waals surface area contributed by atoms with Crippen molar-refractivity contribution < 1.29 is 52.6 Å². The fourth-order valence-electron chi connectivity index (χ4n) is 6.29. The van der Waals surface area contributed by atoms with Gasteiger partial charge in [0.15, 0.2) is 6.10 Å². The Morgan fingerprint density at radius 3 is 1.60 bits per heavy atom. The molecule has 0 radical (unpaired) electrons. The van der Waals surface area contributed by atoms with E-state index in [9.17, 15) is 28.9 Å². The van der Waals surface area contributed by atoms with Crippen LogP contribution in [0.4, 0.5) is 0 Å². The van der Waals surface area contributed by atoms with E-state index >= 15 is 0 Å². The zero-order valence-electron chi connectivity index (χ0n) is 39.0. The van der Waals surface area contributed by atoms with Crippen LogP contribution in [0.1, 0.15) is 187 Å². The number of ether oxygens (including phenoxy) is 2. The van der Waals surface area contributed by atoms with Gasteiger partial charge in [-0.05, 0) is 44.9 Å². The second kappa shape index (κ2) is 44.1. The van der Waals surface area contributed by atoms with Crippen LogP contribution in [0.15, 0.2) is 72.9 Å². The summed E-state index contributed by atoms with van der Waals surface area (Å²) in [6.07, 6.45) is 50.3. The minimum atomic E-state index is -4.75. The van der Waals surface area contributed by atoms with Gasteiger partial charge >= 0.3 is 25.7 Å². The lowest BCUT2D eigenvalue weighted by molar-refractivity contribution is -0.161. The van der Waals surface area contributed by atoms with Crippen molar-refractivity contribution in [3.8, 4) is 0 Å². The Labute approximate surface area is 381 Å². The molecule has 0 spiro atoms. The molecule has 13 heteroatoms. The largest absolute Gasteiger partial charge is 0.480 e. The Morgan fingerprint density at radius 1 is 0.587 bits per heavy atom. The predicted molar refractivity (Wildman–Crippen MR) is 255 cm³/mol. The number of hydrogen-bond donors (Lipinski definition) is 4. The molecule has 0 aromatic rings. The molecule has 63 heavy (non-hydrogen) atoms. The van der Waals surface area contributed by atoms with Crippen molar-refractivity contribution in [3.05, 3.63) is 72.9 Å². The van der Waals surface area contributed by atoms with Crippen LogP contribution < -0.4 is 5.73 Å². The summed E-state index contributed by atoms with van der Waals surface area (Å²) >= 11 is 0. The summed E-state index contributed by atoms with van der Waals surface area (Å²) in [6, 6.07) is -1.54. The number of aliphatic hydroxyl groups is 1. The van der Waals surface area contributed by atoms with Gasteiger partial charge < -0.3 is 30.3 Å². The van der Waals surface area contributed by atoms with Crippen molar-refractivity contribution in [2.75, 3.05) is 19.8 Å². The molecule has 0 aromatic heterocycles. The van der Waals surface area contributed by atoms with Gasteiger partial charge in [-0.15, -0.1) is 0 Å². The van der Waals surface area contributed by atoms with E-state index in [1.807, 2.05) is 54.7 Å². The first-order valence-corrected chi connectivity index (χ1v) is 25.6. The smallest absolute Gasteiger partial charge is 0.472 e. The zero-order chi connectivity index (χ0) is 46.5. The molecule has 12 nitrogen and oxygen atoms in total. The zero-order valence-corrected chi connectivity index (χ0v) is 39.9. The third kappa shape index (κ3) is 43.9.